The molecule has 7 nitrogen and oxygen atoms in total. The summed E-state index contributed by atoms with van der Waals surface area (Å²) >= 11 is 0. The molecule has 1 aromatic heterocycles. The number of aromatic carboxylic acids is 1. The zero-order chi connectivity index (χ0) is 17.8. The molecule has 132 valence electrons. The molecule has 2 N–H and O–H groups in total. The van der Waals surface area contributed by atoms with Gasteiger partial charge in [-0.3, -0.25) is 0 Å². The van der Waals surface area contributed by atoms with Crippen LogP contribution < -0.4 is 10.2 Å². The molecule has 0 atom stereocenters. The number of aryl methyl sites for hydroxylation is 1. The van der Waals surface area contributed by atoms with E-state index in [0.717, 1.165) is 38.5 Å². The van der Waals surface area contributed by atoms with Gasteiger partial charge in [0, 0.05) is 32.2 Å². The van der Waals surface area contributed by atoms with Gasteiger partial charge >= 0.3 is 5.97 Å². The largest absolute Gasteiger partial charge is 0.478 e. The minimum atomic E-state index is -0.968. The lowest BCUT2D eigenvalue weighted by Crippen LogP contribution is -2.46. The van der Waals surface area contributed by atoms with E-state index in [4.69, 9.17) is 0 Å². The van der Waals surface area contributed by atoms with E-state index in [2.05, 4.69) is 32.0 Å². The van der Waals surface area contributed by atoms with Gasteiger partial charge in [-0.2, -0.15) is 0 Å². The Labute approximate surface area is 147 Å². The van der Waals surface area contributed by atoms with Crippen LogP contribution >= 0.6 is 0 Å². The van der Waals surface area contributed by atoms with Crippen LogP contribution in [0.25, 0.3) is 0 Å². The number of carboxylic acids is 1. The summed E-state index contributed by atoms with van der Waals surface area (Å²) in [6, 6.07) is 8.70. The molecule has 1 saturated heterocycles. The number of anilines is 3. The van der Waals surface area contributed by atoms with Crippen molar-refractivity contribution in [2.45, 2.75) is 13.8 Å². The summed E-state index contributed by atoms with van der Waals surface area (Å²) in [6.45, 7) is 8.97. The molecular formula is C18H23N5O2. The number of hydrogen-bond donors (Lipinski definition) is 2. The van der Waals surface area contributed by atoms with Crippen molar-refractivity contribution in [1.82, 2.24) is 14.9 Å². The molecule has 25 heavy (non-hydrogen) atoms. The van der Waals surface area contributed by atoms with Gasteiger partial charge in [0.25, 0.3) is 0 Å². The highest BCUT2D eigenvalue weighted by Crippen LogP contribution is 2.23. The topological polar surface area (TPSA) is 81.6 Å². The maximum atomic E-state index is 11.4. The number of rotatable bonds is 5. The summed E-state index contributed by atoms with van der Waals surface area (Å²) in [5.74, 6) is 1.17. The Hall–Kier alpha value is -2.67. The third kappa shape index (κ3) is 4.06. The summed E-state index contributed by atoms with van der Waals surface area (Å²) in [4.78, 5) is 25.0. The zero-order valence-electron chi connectivity index (χ0n) is 14.6. The minimum absolute atomic E-state index is 0.219. The lowest BCUT2D eigenvalue weighted by Gasteiger charge is -2.34. The zero-order valence-corrected chi connectivity index (χ0v) is 14.6. The summed E-state index contributed by atoms with van der Waals surface area (Å²) in [5, 5.41) is 12.4. The van der Waals surface area contributed by atoms with Crippen molar-refractivity contribution < 1.29 is 9.90 Å². The summed E-state index contributed by atoms with van der Waals surface area (Å²) < 4.78 is 0. The Morgan fingerprint density at radius 3 is 2.60 bits per heavy atom. The van der Waals surface area contributed by atoms with E-state index < -0.39 is 5.97 Å². The smallest absolute Gasteiger partial charge is 0.337 e. The van der Waals surface area contributed by atoms with Gasteiger partial charge in [-0.25, -0.2) is 14.8 Å². The second-order valence-electron chi connectivity index (χ2n) is 6.06. The first-order valence-corrected chi connectivity index (χ1v) is 8.49. The highest BCUT2D eigenvalue weighted by Gasteiger charge is 2.18. The number of piperazine rings is 1. The predicted octanol–water partition coefficient (Wildman–Crippen LogP) is 2.37. The molecule has 0 radical (unpaired) electrons. The fourth-order valence-electron chi connectivity index (χ4n) is 2.99. The van der Waals surface area contributed by atoms with E-state index in [0.29, 0.717) is 17.3 Å². The van der Waals surface area contributed by atoms with Crippen LogP contribution in [0.15, 0.2) is 30.3 Å². The number of carbonyl (C=O) groups is 1. The number of likely N-dealkylation sites (N-methyl/N-ethyl adjacent to an activating group) is 1. The molecule has 1 aliphatic rings. The number of benzene rings is 1. The fraction of sp³-hybridized carbons (Fsp3) is 0.389. The van der Waals surface area contributed by atoms with Crippen LogP contribution in [-0.4, -0.2) is 58.7 Å². The Morgan fingerprint density at radius 1 is 1.20 bits per heavy atom. The summed E-state index contributed by atoms with van der Waals surface area (Å²) in [5.41, 5.74) is 0.742. The van der Waals surface area contributed by atoms with Gasteiger partial charge in [-0.15, -0.1) is 0 Å². The Bertz CT molecular complexity index is 757. The van der Waals surface area contributed by atoms with Crippen molar-refractivity contribution in [2.75, 3.05) is 42.9 Å². The second kappa shape index (κ2) is 7.48. The molecule has 2 heterocycles. The molecular weight excluding hydrogens is 318 g/mol. The van der Waals surface area contributed by atoms with Crippen LogP contribution in [0.5, 0.6) is 0 Å². The number of hydrogen-bond acceptors (Lipinski definition) is 6. The maximum Gasteiger partial charge on any atom is 0.337 e. The molecule has 0 unspecified atom stereocenters. The Morgan fingerprint density at radius 2 is 1.92 bits per heavy atom. The molecule has 3 rings (SSSR count). The van der Waals surface area contributed by atoms with Crippen LogP contribution in [0.3, 0.4) is 0 Å². The molecule has 1 fully saturated rings. The van der Waals surface area contributed by atoms with Gasteiger partial charge in [0.15, 0.2) is 0 Å². The first-order valence-electron chi connectivity index (χ1n) is 8.49. The van der Waals surface area contributed by atoms with Crippen molar-refractivity contribution in [3.63, 3.8) is 0 Å². The lowest BCUT2D eigenvalue weighted by molar-refractivity contribution is 0.0698. The van der Waals surface area contributed by atoms with Crippen LogP contribution in [-0.2, 0) is 0 Å². The summed E-state index contributed by atoms with van der Waals surface area (Å²) in [7, 11) is 0. The van der Waals surface area contributed by atoms with Crippen molar-refractivity contribution in [2.24, 2.45) is 0 Å². The second-order valence-corrected chi connectivity index (χ2v) is 6.06. The first-order chi connectivity index (χ1) is 12.1. The third-order valence-electron chi connectivity index (χ3n) is 4.39. The molecule has 1 aromatic carbocycles. The average molecular weight is 341 g/mol. The van der Waals surface area contributed by atoms with Gasteiger partial charge in [-0.1, -0.05) is 19.1 Å². The number of nitrogens with zero attached hydrogens (tertiary/aromatic N) is 4. The minimum Gasteiger partial charge on any atom is -0.478 e. The summed E-state index contributed by atoms with van der Waals surface area (Å²) in [6.07, 6.45) is 0. The van der Waals surface area contributed by atoms with E-state index in [9.17, 15) is 9.90 Å². The van der Waals surface area contributed by atoms with Crippen LogP contribution in [0.2, 0.25) is 0 Å². The Kier molecular flexibility index (Phi) is 5.14. The van der Waals surface area contributed by atoms with E-state index >= 15 is 0 Å². The molecule has 2 aromatic rings. The van der Waals surface area contributed by atoms with Crippen molar-refractivity contribution in [3.8, 4) is 0 Å². The molecule has 0 saturated carbocycles. The maximum absolute atomic E-state index is 11.4. The van der Waals surface area contributed by atoms with Crippen molar-refractivity contribution in [3.05, 3.63) is 41.7 Å². The quantitative estimate of drug-likeness (QED) is 0.864. The van der Waals surface area contributed by atoms with E-state index in [1.165, 1.54) is 0 Å². The molecule has 0 amide bonds. The van der Waals surface area contributed by atoms with Crippen molar-refractivity contribution in [1.29, 1.82) is 0 Å². The Balaban J connectivity index is 1.82. The lowest BCUT2D eigenvalue weighted by atomic mass is 10.2. The van der Waals surface area contributed by atoms with Gasteiger partial charge in [-0.05, 0) is 25.6 Å². The molecule has 0 bridgehead atoms. The fourth-order valence-corrected chi connectivity index (χ4v) is 2.99. The normalized spacial score (nSPS) is 15.2. The van der Waals surface area contributed by atoms with E-state index in [-0.39, 0.29) is 5.56 Å². The SMILES string of the molecule is CCN1CCN(c2cc(Nc3ccccc3C(=O)O)nc(C)n2)CC1. The number of carboxylic acid groups (broad SMARTS) is 1. The van der Waals surface area contributed by atoms with Gasteiger partial charge in [0.1, 0.15) is 17.5 Å². The highest BCUT2D eigenvalue weighted by molar-refractivity contribution is 5.95. The average Bonchev–Trinajstić information content (AvgIpc) is 2.61. The van der Waals surface area contributed by atoms with Gasteiger partial charge < -0.3 is 20.2 Å². The first kappa shape index (κ1) is 17.2. The number of aromatic nitrogens is 2. The van der Waals surface area contributed by atoms with Crippen LogP contribution in [0, 0.1) is 6.92 Å². The monoisotopic (exact) mass is 341 g/mol. The van der Waals surface area contributed by atoms with Gasteiger partial charge in [0.05, 0.1) is 11.3 Å². The molecule has 7 heteroatoms. The van der Waals surface area contributed by atoms with E-state index in [1.54, 1.807) is 24.3 Å². The van der Waals surface area contributed by atoms with Crippen LogP contribution in [0.1, 0.15) is 23.1 Å². The third-order valence-corrected chi connectivity index (χ3v) is 4.39. The molecule has 0 aliphatic carbocycles. The van der Waals surface area contributed by atoms with Crippen molar-refractivity contribution >= 4 is 23.3 Å². The van der Waals surface area contributed by atoms with Gasteiger partial charge in [0.2, 0.25) is 0 Å². The van der Waals surface area contributed by atoms with Crippen LogP contribution in [0.4, 0.5) is 17.3 Å². The predicted molar refractivity (Wildman–Crippen MR) is 97.8 cm³/mol. The standard InChI is InChI=1S/C18H23N5O2/c1-3-22-8-10-23(11-9-22)17-12-16(19-13(2)20-17)21-15-7-5-4-6-14(15)18(24)25/h4-7,12H,3,8-11H2,1-2H3,(H,24,25)(H,19,20,21). The molecule has 1 aliphatic heterocycles. The number of nitrogens with one attached hydrogen (secondary N) is 1. The van der Waals surface area contributed by atoms with E-state index in [1.807, 2.05) is 13.0 Å². The highest BCUT2D eigenvalue weighted by atomic mass is 16.4. The number of para-hydroxylation sites is 1. The molecule has 0 spiro atoms.